The first kappa shape index (κ1) is 7.48. The van der Waals surface area contributed by atoms with Crippen molar-refractivity contribution in [1.82, 2.24) is 0 Å². The summed E-state index contributed by atoms with van der Waals surface area (Å²) in [6.45, 7) is 0.596. The van der Waals surface area contributed by atoms with Crippen LogP contribution in [0.4, 0.5) is 0 Å². The standard InChI is InChI=1S/C6H11NO/c1-2-6(8)4-3-5-7/h1,6,8H,3-5,7H2/t6-/m0/s1. The van der Waals surface area contributed by atoms with E-state index in [0.29, 0.717) is 13.0 Å². The van der Waals surface area contributed by atoms with E-state index >= 15 is 0 Å². The Hall–Kier alpha value is -0.520. The van der Waals surface area contributed by atoms with Crippen LogP contribution in [-0.2, 0) is 0 Å². The first-order valence-corrected chi connectivity index (χ1v) is 2.65. The normalized spacial score (nSPS) is 12.6. The monoisotopic (exact) mass is 113 g/mol. The van der Waals surface area contributed by atoms with Crippen LogP contribution in [0.5, 0.6) is 0 Å². The van der Waals surface area contributed by atoms with Gasteiger partial charge in [0.05, 0.1) is 0 Å². The van der Waals surface area contributed by atoms with Gasteiger partial charge in [0.25, 0.3) is 0 Å². The molecule has 0 aliphatic carbocycles. The molecule has 0 heterocycles. The van der Waals surface area contributed by atoms with Crippen molar-refractivity contribution in [2.24, 2.45) is 5.73 Å². The number of hydrogen-bond donors (Lipinski definition) is 2. The first-order valence-electron chi connectivity index (χ1n) is 2.65. The number of rotatable bonds is 3. The second kappa shape index (κ2) is 4.63. The number of nitrogens with two attached hydrogens (primary N) is 1. The van der Waals surface area contributed by atoms with Gasteiger partial charge in [-0.3, -0.25) is 0 Å². The van der Waals surface area contributed by atoms with Crippen molar-refractivity contribution in [2.75, 3.05) is 6.54 Å². The lowest BCUT2D eigenvalue weighted by Crippen LogP contribution is -2.06. The zero-order chi connectivity index (χ0) is 6.41. The summed E-state index contributed by atoms with van der Waals surface area (Å²) in [4.78, 5) is 0. The van der Waals surface area contributed by atoms with Gasteiger partial charge < -0.3 is 10.8 Å². The van der Waals surface area contributed by atoms with Crippen molar-refractivity contribution in [3.63, 3.8) is 0 Å². The lowest BCUT2D eigenvalue weighted by atomic mass is 10.2. The van der Waals surface area contributed by atoms with E-state index in [2.05, 4.69) is 5.92 Å². The molecule has 0 saturated carbocycles. The Labute approximate surface area is 49.7 Å². The molecule has 3 N–H and O–H groups in total. The fraction of sp³-hybridized carbons (Fsp3) is 0.667. The van der Waals surface area contributed by atoms with Crippen molar-refractivity contribution >= 4 is 0 Å². The van der Waals surface area contributed by atoms with E-state index in [0.717, 1.165) is 6.42 Å². The molecule has 0 unspecified atom stereocenters. The Kier molecular flexibility index (Phi) is 4.33. The average Bonchev–Trinajstić information content (AvgIpc) is 1.83. The van der Waals surface area contributed by atoms with Crippen LogP contribution in [0.1, 0.15) is 12.8 Å². The van der Waals surface area contributed by atoms with E-state index < -0.39 is 6.10 Å². The summed E-state index contributed by atoms with van der Waals surface area (Å²) in [6, 6.07) is 0. The number of terminal acetylenes is 1. The fourth-order valence-corrected chi connectivity index (χ4v) is 0.395. The maximum Gasteiger partial charge on any atom is 0.114 e. The second-order valence-electron chi connectivity index (χ2n) is 1.61. The molecule has 0 aromatic carbocycles. The molecule has 0 bridgehead atoms. The summed E-state index contributed by atoms with van der Waals surface area (Å²) in [7, 11) is 0. The molecule has 2 nitrogen and oxygen atoms in total. The highest BCUT2D eigenvalue weighted by Gasteiger charge is 1.94. The molecule has 8 heavy (non-hydrogen) atoms. The molecule has 0 spiro atoms. The lowest BCUT2D eigenvalue weighted by Gasteiger charge is -1.98. The molecule has 0 fully saturated rings. The largest absolute Gasteiger partial charge is 0.380 e. The molecular formula is C6H11NO. The van der Waals surface area contributed by atoms with Crippen molar-refractivity contribution < 1.29 is 5.11 Å². The van der Waals surface area contributed by atoms with E-state index in [1.165, 1.54) is 0 Å². The molecule has 0 saturated heterocycles. The van der Waals surface area contributed by atoms with E-state index in [1.807, 2.05) is 0 Å². The van der Waals surface area contributed by atoms with Crippen molar-refractivity contribution in [2.45, 2.75) is 18.9 Å². The van der Waals surface area contributed by atoms with Gasteiger partial charge in [-0.05, 0) is 19.4 Å². The molecule has 1 atom stereocenters. The molecule has 0 aromatic rings. The third kappa shape index (κ3) is 3.66. The van der Waals surface area contributed by atoms with Gasteiger partial charge in [0.2, 0.25) is 0 Å². The third-order valence-electron chi connectivity index (χ3n) is 0.874. The maximum absolute atomic E-state index is 8.70. The van der Waals surface area contributed by atoms with E-state index in [9.17, 15) is 0 Å². The van der Waals surface area contributed by atoms with Crippen LogP contribution >= 0.6 is 0 Å². The van der Waals surface area contributed by atoms with Gasteiger partial charge in [0, 0.05) is 0 Å². The minimum atomic E-state index is -0.599. The van der Waals surface area contributed by atoms with Crippen molar-refractivity contribution in [1.29, 1.82) is 0 Å². The smallest absolute Gasteiger partial charge is 0.114 e. The minimum absolute atomic E-state index is 0.596. The fourth-order valence-electron chi connectivity index (χ4n) is 0.395. The van der Waals surface area contributed by atoms with Gasteiger partial charge in [0.1, 0.15) is 6.10 Å². The summed E-state index contributed by atoms with van der Waals surface area (Å²) in [6.07, 6.45) is 5.69. The van der Waals surface area contributed by atoms with Gasteiger partial charge in [-0.15, -0.1) is 6.42 Å². The van der Waals surface area contributed by atoms with Crippen LogP contribution < -0.4 is 5.73 Å². The Balaban J connectivity index is 3.02. The SMILES string of the molecule is C#C[C@H](O)CCCN. The zero-order valence-corrected chi connectivity index (χ0v) is 4.80. The molecule has 0 aliphatic heterocycles. The van der Waals surface area contributed by atoms with E-state index in [4.69, 9.17) is 17.3 Å². The first-order chi connectivity index (χ1) is 3.81. The highest BCUT2D eigenvalue weighted by atomic mass is 16.3. The summed E-state index contributed by atoms with van der Waals surface area (Å²) in [5, 5.41) is 8.70. The number of aliphatic hydroxyl groups excluding tert-OH is 1. The Morgan fingerprint density at radius 2 is 2.38 bits per heavy atom. The summed E-state index contributed by atoms with van der Waals surface area (Å²) < 4.78 is 0. The molecule has 0 aromatic heterocycles. The van der Waals surface area contributed by atoms with Gasteiger partial charge in [-0.1, -0.05) is 5.92 Å². The van der Waals surface area contributed by atoms with Gasteiger partial charge >= 0.3 is 0 Å². The van der Waals surface area contributed by atoms with Crippen LogP contribution in [-0.4, -0.2) is 17.8 Å². The molecule has 0 aliphatic rings. The third-order valence-corrected chi connectivity index (χ3v) is 0.874. The summed E-state index contributed by atoms with van der Waals surface area (Å²) >= 11 is 0. The van der Waals surface area contributed by atoms with Crippen LogP contribution in [0.15, 0.2) is 0 Å². The molecule has 0 radical (unpaired) electrons. The summed E-state index contributed by atoms with van der Waals surface area (Å²) in [5.41, 5.74) is 5.15. The van der Waals surface area contributed by atoms with Crippen molar-refractivity contribution in [3.8, 4) is 12.3 Å². The van der Waals surface area contributed by atoms with Crippen LogP contribution in [0, 0.1) is 12.3 Å². The topological polar surface area (TPSA) is 46.2 Å². The minimum Gasteiger partial charge on any atom is -0.380 e. The molecular weight excluding hydrogens is 102 g/mol. The molecule has 0 amide bonds. The van der Waals surface area contributed by atoms with E-state index in [1.54, 1.807) is 0 Å². The highest BCUT2D eigenvalue weighted by molar-refractivity contribution is 4.92. The molecule has 0 rings (SSSR count). The van der Waals surface area contributed by atoms with Crippen molar-refractivity contribution in [3.05, 3.63) is 0 Å². The van der Waals surface area contributed by atoms with Crippen LogP contribution in [0.2, 0.25) is 0 Å². The highest BCUT2D eigenvalue weighted by Crippen LogP contribution is 1.91. The lowest BCUT2D eigenvalue weighted by molar-refractivity contribution is 0.220. The summed E-state index contributed by atoms with van der Waals surface area (Å²) in [5.74, 6) is 2.20. The number of hydrogen-bond acceptors (Lipinski definition) is 2. The predicted octanol–water partition coefficient (Wildman–Crippen LogP) is -0.281. The zero-order valence-electron chi connectivity index (χ0n) is 4.80. The molecule has 2 heteroatoms. The van der Waals surface area contributed by atoms with E-state index in [-0.39, 0.29) is 0 Å². The average molecular weight is 113 g/mol. The predicted molar refractivity (Wildman–Crippen MR) is 33.1 cm³/mol. The molecule has 46 valence electrons. The van der Waals surface area contributed by atoms with Crippen LogP contribution in [0.25, 0.3) is 0 Å². The Bertz CT molecular complexity index is 85.0. The van der Waals surface area contributed by atoms with Gasteiger partial charge in [0.15, 0.2) is 0 Å². The number of aliphatic hydroxyl groups is 1. The van der Waals surface area contributed by atoms with Crippen LogP contribution in [0.3, 0.4) is 0 Å². The quantitative estimate of drug-likeness (QED) is 0.494. The van der Waals surface area contributed by atoms with Gasteiger partial charge in [-0.25, -0.2) is 0 Å². The van der Waals surface area contributed by atoms with Gasteiger partial charge in [-0.2, -0.15) is 0 Å². The Morgan fingerprint density at radius 3 is 2.75 bits per heavy atom. The maximum atomic E-state index is 8.70. The second-order valence-corrected chi connectivity index (χ2v) is 1.61. The Morgan fingerprint density at radius 1 is 1.75 bits per heavy atom.